The van der Waals surface area contributed by atoms with Gasteiger partial charge in [0, 0.05) is 23.0 Å². The molecule has 0 radical (unpaired) electrons. The molecular formula is C19H16F3NO4. The Hall–Kier alpha value is -3.16. The number of para-hydroxylation sites is 1. The van der Waals surface area contributed by atoms with E-state index in [2.05, 4.69) is 9.72 Å². The Morgan fingerprint density at radius 2 is 1.93 bits per heavy atom. The zero-order valence-electron chi connectivity index (χ0n) is 14.3. The summed E-state index contributed by atoms with van der Waals surface area (Å²) in [6, 6.07) is 11.1. The van der Waals surface area contributed by atoms with Crippen molar-refractivity contribution < 1.29 is 32.5 Å². The van der Waals surface area contributed by atoms with Crippen molar-refractivity contribution in [2.75, 3.05) is 6.61 Å². The third-order valence-electron chi connectivity index (χ3n) is 4.02. The average Bonchev–Trinajstić information content (AvgIpc) is 2.88. The zero-order chi connectivity index (χ0) is 19.6. The molecule has 0 atom stereocenters. The summed E-state index contributed by atoms with van der Waals surface area (Å²) in [5.74, 6) is -0.982. The van der Waals surface area contributed by atoms with E-state index in [4.69, 9.17) is 9.84 Å². The fourth-order valence-corrected chi connectivity index (χ4v) is 2.91. The van der Waals surface area contributed by atoms with Crippen molar-refractivity contribution in [2.45, 2.75) is 19.7 Å². The Labute approximate surface area is 152 Å². The topological polar surface area (TPSA) is 71.5 Å². The fourth-order valence-electron chi connectivity index (χ4n) is 2.91. The van der Waals surface area contributed by atoms with Crippen molar-refractivity contribution in [1.29, 1.82) is 0 Å². The lowest BCUT2D eigenvalue weighted by molar-refractivity contribution is -0.274. The first kappa shape index (κ1) is 18.6. The first-order chi connectivity index (χ1) is 12.7. The number of H-pyrrole nitrogens is 1. The quantitative estimate of drug-likeness (QED) is 0.665. The number of aliphatic carboxylic acids is 1. The summed E-state index contributed by atoms with van der Waals surface area (Å²) in [5, 5.41) is 9.39. The summed E-state index contributed by atoms with van der Waals surface area (Å²) in [7, 11) is 0. The van der Waals surface area contributed by atoms with Gasteiger partial charge >= 0.3 is 12.3 Å². The molecule has 27 heavy (non-hydrogen) atoms. The molecule has 5 nitrogen and oxygen atoms in total. The third-order valence-corrected chi connectivity index (χ3v) is 4.02. The molecule has 8 heteroatoms. The van der Waals surface area contributed by atoms with Gasteiger partial charge in [-0.25, -0.2) is 4.79 Å². The molecule has 1 aromatic heterocycles. The van der Waals surface area contributed by atoms with E-state index in [1.165, 1.54) is 18.2 Å². The number of aryl methyl sites for hydroxylation is 1. The number of carbonyl (C=O) groups is 1. The number of rotatable bonds is 6. The minimum Gasteiger partial charge on any atom is -0.482 e. The van der Waals surface area contributed by atoms with Crippen LogP contribution < -0.4 is 9.47 Å². The standard InChI is InChI=1S/C19H16F3NO4/c1-11-14(8-12-4-2-3-5-17(12)26-10-18(24)25)15-9-13(27-19(20,21)22)6-7-16(15)23-11/h2-7,9,23H,8,10H2,1H3,(H,24,25). The molecule has 0 aliphatic heterocycles. The van der Waals surface area contributed by atoms with Crippen LogP contribution in [-0.2, 0) is 11.2 Å². The Kier molecular flexibility index (Phi) is 4.98. The van der Waals surface area contributed by atoms with Crippen molar-refractivity contribution in [2.24, 2.45) is 0 Å². The maximum atomic E-state index is 12.5. The number of carboxylic acids is 1. The summed E-state index contributed by atoms with van der Waals surface area (Å²) in [6.07, 6.45) is -4.41. The van der Waals surface area contributed by atoms with Crippen molar-refractivity contribution in [1.82, 2.24) is 4.98 Å². The summed E-state index contributed by atoms with van der Waals surface area (Å²) in [6.45, 7) is 1.34. The summed E-state index contributed by atoms with van der Waals surface area (Å²) < 4.78 is 46.8. The number of alkyl halides is 3. The van der Waals surface area contributed by atoms with Crippen LogP contribution in [-0.4, -0.2) is 29.0 Å². The first-order valence-corrected chi connectivity index (χ1v) is 8.02. The second-order valence-electron chi connectivity index (χ2n) is 5.95. The minimum absolute atomic E-state index is 0.300. The highest BCUT2D eigenvalue weighted by molar-refractivity contribution is 5.86. The minimum atomic E-state index is -4.77. The van der Waals surface area contributed by atoms with E-state index in [-0.39, 0.29) is 5.75 Å². The Bertz CT molecular complexity index is 979. The number of hydrogen-bond donors (Lipinski definition) is 2. The molecule has 142 valence electrons. The van der Waals surface area contributed by atoms with E-state index >= 15 is 0 Å². The molecule has 0 fully saturated rings. The maximum absolute atomic E-state index is 12.5. The first-order valence-electron chi connectivity index (χ1n) is 8.02. The SMILES string of the molecule is Cc1[nH]c2ccc(OC(F)(F)F)cc2c1Cc1ccccc1OCC(=O)O. The van der Waals surface area contributed by atoms with Gasteiger partial charge in [-0.2, -0.15) is 0 Å². The Balaban J connectivity index is 1.96. The number of aromatic amines is 1. The van der Waals surface area contributed by atoms with Crippen molar-refractivity contribution in [3.8, 4) is 11.5 Å². The summed E-state index contributed by atoms with van der Waals surface area (Å²) in [4.78, 5) is 13.9. The molecule has 0 saturated heterocycles. The molecule has 2 aromatic carbocycles. The lowest BCUT2D eigenvalue weighted by Crippen LogP contribution is -2.17. The monoisotopic (exact) mass is 379 g/mol. The predicted molar refractivity (Wildman–Crippen MR) is 92.1 cm³/mol. The fraction of sp³-hybridized carbons (Fsp3) is 0.211. The molecule has 1 heterocycles. The van der Waals surface area contributed by atoms with Gasteiger partial charge in [0.05, 0.1) is 0 Å². The highest BCUT2D eigenvalue weighted by atomic mass is 19.4. The molecule has 3 aromatic rings. The van der Waals surface area contributed by atoms with Crippen LogP contribution in [0.25, 0.3) is 10.9 Å². The van der Waals surface area contributed by atoms with Crippen LogP contribution in [0.5, 0.6) is 11.5 Å². The Morgan fingerprint density at radius 1 is 1.19 bits per heavy atom. The predicted octanol–water partition coefficient (Wildman–Crippen LogP) is 4.43. The number of fused-ring (bicyclic) bond motifs is 1. The van der Waals surface area contributed by atoms with E-state index in [0.717, 1.165) is 16.8 Å². The van der Waals surface area contributed by atoms with Crippen LogP contribution in [0.15, 0.2) is 42.5 Å². The smallest absolute Gasteiger partial charge is 0.482 e. The van der Waals surface area contributed by atoms with Gasteiger partial charge in [0.25, 0.3) is 0 Å². The molecule has 0 spiro atoms. The average molecular weight is 379 g/mol. The van der Waals surface area contributed by atoms with Gasteiger partial charge < -0.3 is 19.6 Å². The van der Waals surface area contributed by atoms with Crippen LogP contribution in [0.1, 0.15) is 16.8 Å². The van der Waals surface area contributed by atoms with Crippen LogP contribution in [0, 0.1) is 6.92 Å². The molecule has 2 N–H and O–H groups in total. The highest BCUT2D eigenvalue weighted by Crippen LogP contribution is 2.32. The van der Waals surface area contributed by atoms with E-state index in [0.29, 0.717) is 23.1 Å². The van der Waals surface area contributed by atoms with Crippen molar-refractivity contribution in [3.05, 3.63) is 59.3 Å². The number of ether oxygens (including phenoxy) is 2. The van der Waals surface area contributed by atoms with Gasteiger partial charge in [-0.3, -0.25) is 0 Å². The molecule has 0 aliphatic carbocycles. The summed E-state index contributed by atoms with van der Waals surface area (Å²) in [5.41, 5.74) is 2.98. The van der Waals surface area contributed by atoms with Gasteiger partial charge in [-0.1, -0.05) is 18.2 Å². The number of aromatic nitrogens is 1. The molecular weight excluding hydrogens is 363 g/mol. The lowest BCUT2D eigenvalue weighted by atomic mass is 10.0. The lowest BCUT2D eigenvalue weighted by Gasteiger charge is -2.11. The van der Waals surface area contributed by atoms with Crippen LogP contribution in [0.4, 0.5) is 13.2 Å². The number of nitrogens with one attached hydrogen (secondary N) is 1. The van der Waals surface area contributed by atoms with Gasteiger partial charge in [0.1, 0.15) is 11.5 Å². The van der Waals surface area contributed by atoms with Crippen molar-refractivity contribution >= 4 is 16.9 Å². The second kappa shape index (κ2) is 7.22. The van der Waals surface area contributed by atoms with Crippen molar-refractivity contribution in [3.63, 3.8) is 0 Å². The van der Waals surface area contributed by atoms with E-state index in [9.17, 15) is 18.0 Å². The third kappa shape index (κ3) is 4.52. The number of carboxylic acid groups (broad SMARTS) is 1. The van der Waals surface area contributed by atoms with Crippen LogP contribution in [0.2, 0.25) is 0 Å². The van der Waals surface area contributed by atoms with Crippen LogP contribution in [0.3, 0.4) is 0 Å². The number of hydrogen-bond acceptors (Lipinski definition) is 3. The van der Waals surface area contributed by atoms with E-state index in [1.807, 2.05) is 6.92 Å². The molecule has 0 aliphatic rings. The molecule has 0 amide bonds. The second-order valence-corrected chi connectivity index (χ2v) is 5.95. The number of halogens is 3. The normalized spacial score (nSPS) is 11.6. The molecule has 0 unspecified atom stereocenters. The van der Waals surface area contributed by atoms with E-state index in [1.54, 1.807) is 24.3 Å². The largest absolute Gasteiger partial charge is 0.573 e. The molecule has 0 bridgehead atoms. The van der Waals surface area contributed by atoms with E-state index < -0.39 is 18.9 Å². The van der Waals surface area contributed by atoms with Gasteiger partial charge in [-0.15, -0.1) is 13.2 Å². The maximum Gasteiger partial charge on any atom is 0.573 e. The van der Waals surface area contributed by atoms with Crippen LogP contribution >= 0.6 is 0 Å². The zero-order valence-corrected chi connectivity index (χ0v) is 14.3. The highest BCUT2D eigenvalue weighted by Gasteiger charge is 2.31. The van der Waals surface area contributed by atoms with Gasteiger partial charge in [0.15, 0.2) is 6.61 Å². The number of benzene rings is 2. The molecule has 0 saturated carbocycles. The molecule has 3 rings (SSSR count). The summed E-state index contributed by atoms with van der Waals surface area (Å²) >= 11 is 0. The van der Waals surface area contributed by atoms with Gasteiger partial charge in [0.2, 0.25) is 0 Å². The Morgan fingerprint density at radius 3 is 2.63 bits per heavy atom. The van der Waals surface area contributed by atoms with Gasteiger partial charge in [-0.05, 0) is 42.3 Å².